The molecule has 8 heteroatoms. The highest BCUT2D eigenvalue weighted by Gasteiger charge is 2.34. The van der Waals surface area contributed by atoms with E-state index < -0.39 is 17.8 Å². The van der Waals surface area contributed by atoms with Crippen LogP contribution in [0.5, 0.6) is 0 Å². The van der Waals surface area contributed by atoms with Crippen molar-refractivity contribution < 1.29 is 14.4 Å². The summed E-state index contributed by atoms with van der Waals surface area (Å²) < 4.78 is 0. The Labute approximate surface area is 125 Å². The molecule has 4 amide bonds. The number of hydrogen-bond donors (Lipinski definition) is 1. The minimum Gasteiger partial charge on any atom is -0.324 e. The quantitative estimate of drug-likeness (QED) is 0.865. The average molecular weight is 316 g/mol. The first-order valence-corrected chi connectivity index (χ1v) is 6.44. The van der Waals surface area contributed by atoms with Crippen LogP contribution in [0.25, 0.3) is 0 Å². The Morgan fingerprint density at radius 2 is 1.85 bits per heavy atom. The van der Waals surface area contributed by atoms with Gasteiger partial charge in [-0.15, -0.1) is 0 Å². The molecular weight excluding hydrogens is 305 g/mol. The van der Waals surface area contributed by atoms with Gasteiger partial charge in [-0.1, -0.05) is 23.2 Å². The van der Waals surface area contributed by atoms with Crippen LogP contribution < -0.4 is 5.32 Å². The maximum Gasteiger partial charge on any atom is 0.327 e. The second-order valence-corrected chi connectivity index (χ2v) is 5.20. The smallest absolute Gasteiger partial charge is 0.324 e. The van der Waals surface area contributed by atoms with Crippen LogP contribution in [0, 0.1) is 0 Å². The lowest BCUT2D eigenvalue weighted by molar-refractivity contribution is -0.129. The van der Waals surface area contributed by atoms with E-state index in [0.29, 0.717) is 15.7 Å². The van der Waals surface area contributed by atoms with Gasteiger partial charge in [0.05, 0.1) is 0 Å². The standard InChI is InChI=1S/C12H11Cl2N3O3/c1-16-6-11(19)17(12(16)20)5-10(18)15-9-3-7(13)2-8(14)4-9/h2-4H,5-6H2,1H3,(H,15,18). The van der Waals surface area contributed by atoms with Crippen molar-refractivity contribution in [2.45, 2.75) is 0 Å². The summed E-state index contributed by atoms with van der Waals surface area (Å²) in [6.45, 7) is -0.360. The first kappa shape index (κ1) is 14.6. The van der Waals surface area contributed by atoms with Crippen LogP contribution in [-0.4, -0.2) is 47.8 Å². The zero-order chi connectivity index (χ0) is 14.9. The van der Waals surface area contributed by atoms with Crippen LogP contribution in [0.15, 0.2) is 18.2 Å². The number of carbonyl (C=O) groups is 3. The lowest BCUT2D eigenvalue weighted by Crippen LogP contribution is -2.38. The summed E-state index contributed by atoms with van der Waals surface area (Å²) >= 11 is 11.6. The predicted molar refractivity (Wildman–Crippen MR) is 74.8 cm³/mol. The minimum absolute atomic E-state index is 0.0187. The molecule has 1 aliphatic heterocycles. The molecule has 1 aliphatic rings. The van der Waals surface area contributed by atoms with Crippen LogP contribution in [-0.2, 0) is 9.59 Å². The molecule has 0 saturated carbocycles. The second-order valence-electron chi connectivity index (χ2n) is 4.32. The van der Waals surface area contributed by atoms with Gasteiger partial charge in [0.25, 0.3) is 5.91 Å². The van der Waals surface area contributed by atoms with Gasteiger partial charge >= 0.3 is 6.03 Å². The molecule has 1 heterocycles. The van der Waals surface area contributed by atoms with Gasteiger partial charge < -0.3 is 10.2 Å². The number of likely N-dealkylation sites (N-methyl/N-ethyl adjacent to an activating group) is 1. The van der Waals surface area contributed by atoms with Crippen molar-refractivity contribution in [2.75, 3.05) is 25.5 Å². The van der Waals surface area contributed by atoms with Gasteiger partial charge in [-0.25, -0.2) is 4.79 Å². The highest BCUT2D eigenvalue weighted by atomic mass is 35.5. The molecule has 0 aliphatic carbocycles. The molecule has 106 valence electrons. The van der Waals surface area contributed by atoms with Crippen LogP contribution in [0.4, 0.5) is 10.5 Å². The number of urea groups is 1. The van der Waals surface area contributed by atoms with E-state index in [1.54, 1.807) is 0 Å². The molecule has 1 saturated heterocycles. The van der Waals surface area contributed by atoms with Crippen molar-refractivity contribution >= 4 is 46.7 Å². The Morgan fingerprint density at radius 1 is 1.25 bits per heavy atom. The van der Waals surface area contributed by atoms with Crippen LogP contribution in [0.1, 0.15) is 0 Å². The SMILES string of the molecule is CN1CC(=O)N(CC(=O)Nc2cc(Cl)cc(Cl)c2)C1=O. The summed E-state index contributed by atoms with van der Waals surface area (Å²) in [6, 6.07) is 4.08. The Kier molecular flexibility index (Phi) is 4.15. The first-order valence-electron chi connectivity index (χ1n) is 5.68. The van der Waals surface area contributed by atoms with Crippen molar-refractivity contribution in [1.82, 2.24) is 9.80 Å². The summed E-state index contributed by atoms with van der Waals surface area (Å²) in [5.74, 6) is -0.905. The summed E-state index contributed by atoms with van der Waals surface area (Å²) in [5, 5.41) is 3.29. The van der Waals surface area contributed by atoms with Crippen molar-refractivity contribution in [3.05, 3.63) is 28.2 Å². The van der Waals surface area contributed by atoms with Crippen LogP contribution in [0.2, 0.25) is 10.0 Å². The molecule has 0 unspecified atom stereocenters. The number of rotatable bonds is 3. The van der Waals surface area contributed by atoms with Gasteiger partial charge in [0.15, 0.2) is 0 Å². The first-order chi connectivity index (χ1) is 9.36. The van der Waals surface area contributed by atoms with E-state index in [1.807, 2.05) is 0 Å². The summed E-state index contributed by atoms with van der Waals surface area (Å²) in [6.07, 6.45) is 0. The number of amides is 4. The highest BCUT2D eigenvalue weighted by molar-refractivity contribution is 6.35. The molecule has 20 heavy (non-hydrogen) atoms. The zero-order valence-electron chi connectivity index (χ0n) is 10.5. The number of hydrogen-bond acceptors (Lipinski definition) is 3. The number of nitrogens with zero attached hydrogens (tertiary/aromatic N) is 2. The minimum atomic E-state index is -0.500. The Balaban J connectivity index is 2.02. The number of nitrogens with one attached hydrogen (secondary N) is 1. The van der Waals surface area contributed by atoms with Crippen molar-refractivity contribution in [3.63, 3.8) is 0 Å². The van der Waals surface area contributed by atoms with E-state index in [4.69, 9.17) is 23.2 Å². The molecule has 1 N–H and O–H groups in total. The topological polar surface area (TPSA) is 69.7 Å². The molecule has 0 aromatic heterocycles. The maximum absolute atomic E-state index is 11.8. The van der Waals surface area contributed by atoms with E-state index in [2.05, 4.69) is 5.32 Å². The Morgan fingerprint density at radius 3 is 2.35 bits per heavy atom. The molecule has 1 aromatic carbocycles. The van der Waals surface area contributed by atoms with Crippen LogP contribution >= 0.6 is 23.2 Å². The molecule has 1 fully saturated rings. The third kappa shape index (κ3) is 3.20. The van der Waals surface area contributed by atoms with E-state index >= 15 is 0 Å². The van der Waals surface area contributed by atoms with Gasteiger partial charge in [-0.3, -0.25) is 14.5 Å². The molecule has 0 radical (unpaired) electrons. The van der Waals surface area contributed by atoms with E-state index in [9.17, 15) is 14.4 Å². The van der Waals surface area contributed by atoms with Gasteiger partial charge in [0.1, 0.15) is 13.1 Å². The lowest BCUT2D eigenvalue weighted by atomic mass is 10.3. The number of carbonyl (C=O) groups excluding carboxylic acids is 3. The molecule has 0 bridgehead atoms. The monoisotopic (exact) mass is 315 g/mol. The number of anilines is 1. The van der Waals surface area contributed by atoms with Gasteiger partial charge in [0.2, 0.25) is 5.91 Å². The van der Waals surface area contributed by atoms with Crippen LogP contribution in [0.3, 0.4) is 0 Å². The summed E-state index contributed by atoms with van der Waals surface area (Å²) in [7, 11) is 1.49. The third-order valence-corrected chi connectivity index (χ3v) is 3.12. The predicted octanol–water partition coefficient (Wildman–Crippen LogP) is 1.83. The molecule has 2 rings (SSSR count). The largest absolute Gasteiger partial charge is 0.327 e. The third-order valence-electron chi connectivity index (χ3n) is 2.68. The molecular formula is C12H11Cl2N3O3. The molecule has 0 atom stereocenters. The maximum atomic E-state index is 11.8. The van der Waals surface area contributed by atoms with E-state index in [1.165, 1.54) is 30.1 Å². The highest BCUT2D eigenvalue weighted by Crippen LogP contribution is 2.22. The number of benzene rings is 1. The fourth-order valence-corrected chi connectivity index (χ4v) is 2.32. The molecule has 0 spiro atoms. The van der Waals surface area contributed by atoms with Gasteiger partial charge in [-0.2, -0.15) is 0 Å². The number of halogens is 2. The summed E-state index contributed by atoms with van der Waals surface area (Å²) in [4.78, 5) is 37.1. The lowest BCUT2D eigenvalue weighted by Gasteiger charge is -2.14. The van der Waals surface area contributed by atoms with E-state index in [-0.39, 0.29) is 13.1 Å². The van der Waals surface area contributed by atoms with Crippen molar-refractivity contribution in [3.8, 4) is 0 Å². The normalized spacial score (nSPS) is 14.9. The second kappa shape index (κ2) is 5.68. The fraction of sp³-hybridized carbons (Fsp3) is 0.250. The Hall–Kier alpha value is -1.79. The molecule has 1 aromatic rings. The van der Waals surface area contributed by atoms with Crippen molar-refractivity contribution in [2.24, 2.45) is 0 Å². The van der Waals surface area contributed by atoms with Gasteiger partial charge in [-0.05, 0) is 18.2 Å². The van der Waals surface area contributed by atoms with Crippen molar-refractivity contribution in [1.29, 1.82) is 0 Å². The summed E-state index contributed by atoms with van der Waals surface area (Å²) in [5.41, 5.74) is 0.403. The Bertz CT molecular complexity index is 571. The van der Waals surface area contributed by atoms with E-state index in [0.717, 1.165) is 4.90 Å². The molecule has 6 nitrogen and oxygen atoms in total. The van der Waals surface area contributed by atoms with Gasteiger partial charge in [0, 0.05) is 22.8 Å². The fourth-order valence-electron chi connectivity index (χ4n) is 1.79. The number of imide groups is 1. The average Bonchev–Trinajstić information content (AvgIpc) is 2.54. The zero-order valence-corrected chi connectivity index (χ0v) is 12.0.